The smallest absolute Gasteiger partial charge is 0.309 e. The molecule has 1 heterocycles. The number of rotatable bonds is 3. The summed E-state index contributed by atoms with van der Waals surface area (Å²) in [5.41, 5.74) is 2.26. The Hall–Kier alpha value is -2.35. The highest BCUT2D eigenvalue weighted by Crippen LogP contribution is 2.47. The topological polar surface area (TPSA) is 78.8 Å². The zero-order valence-electron chi connectivity index (χ0n) is 10.5. The molecule has 2 atom stereocenters. The van der Waals surface area contributed by atoms with Crippen LogP contribution in [0.5, 0.6) is 0 Å². The van der Waals surface area contributed by atoms with E-state index in [1.165, 1.54) is 0 Å². The normalized spacial score (nSPS) is 21.1. The number of imidazole rings is 1. The standard InChI is InChI=1S/C14H13N3O2/c1-2-19-14(18)10-6-9(10)13-16-11-4-3-8(7-15)5-12(11)17-13/h3-5,9-10H,2,6H2,1H3,(H,16,17). The van der Waals surface area contributed by atoms with Crippen LogP contribution in [0.1, 0.15) is 30.7 Å². The summed E-state index contributed by atoms with van der Waals surface area (Å²) in [6.45, 7) is 2.22. The Bertz CT molecular complexity index is 684. The highest BCUT2D eigenvalue weighted by atomic mass is 16.5. The molecule has 0 bridgehead atoms. The van der Waals surface area contributed by atoms with Crippen LogP contribution in [0.2, 0.25) is 0 Å². The number of H-pyrrole nitrogens is 1. The fraction of sp³-hybridized carbons (Fsp3) is 0.357. The Morgan fingerprint density at radius 1 is 1.63 bits per heavy atom. The van der Waals surface area contributed by atoms with Gasteiger partial charge >= 0.3 is 5.97 Å². The fourth-order valence-electron chi connectivity index (χ4n) is 2.28. The number of benzene rings is 1. The lowest BCUT2D eigenvalue weighted by atomic mass is 10.2. The van der Waals surface area contributed by atoms with Gasteiger partial charge in [-0.2, -0.15) is 5.26 Å². The number of esters is 1. The van der Waals surface area contributed by atoms with Crippen LogP contribution in [0.4, 0.5) is 0 Å². The molecular weight excluding hydrogens is 242 g/mol. The van der Waals surface area contributed by atoms with Gasteiger partial charge in [0.15, 0.2) is 0 Å². The maximum Gasteiger partial charge on any atom is 0.309 e. The molecule has 19 heavy (non-hydrogen) atoms. The molecule has 5 heteroatoms. The first-order chi connectivity index (χ1) is 9.22. The monoisotopic (exact) mass is 255 g/mol. The Morgan fingerprint density at radius 3 is 3.21 bits per heavy atom. The molecule has 0 radical (unpaired) electrons. The average molecular weight is 255 g/mol. The summed E-state index contributed by atoms with van der Waals surface area (Å²) in [6, 6.07) is 7.42. The second-order valence-corrected chi connectivity index (χ2v) is 4.67. The molecule has 0 saturated heterocycles. The number of nitrogens with one attached hydrogen (secondary N) is 1. The van der Waals surface area contributed by atoms with Crippen LogP contribution in [0.25, 0.3) is 11.0 Å². The van der Waals surface area contributed by atoms with Gasteiger partial charge in [-0.05, 0) is 31.5 Å². The van der Waals surface area contributed by atoms with Crippen molar-refractivity contribution in [1.29, 1.82) is 5.26 Å². The van der Waals surface area contributed by atoms with Gasteiger partial charge in [0.2, 0.25) is 0 Å². The Labute approximate surface area is 110 Å². The molecule has 1 aliphatic carbocycles. The third-order valence-electron chi connectivity index (χ3n) is 3.36. The van der Waals surface area contributed by atoms with E-state index in [-0.39, 0.29) is 17.8 Å². The first-order valence-electron chi connectivity index (χ1n) is 6.29. The highest BCUT2D eigenvalue weighted by molar-refractivity contribution is 5.79. The number of nitrogens with zero attached hydrogens (tertiary/aromatic N) is 2. The van der Waals surface area contributed by atoms with Crippen molar-refractivity contribution in [3.05, 3.63) is 29.6 Å². The fourth-order valence-corrected chi connectivity index (χ4v) is 2.28. The van der Waals surface area contributed by atoms with Crippen LogP contribution in [-0.2, 0) is 9.53 Å². The van der Waals surface area contributed by atoms with Crippen LogP contribution in [-0.4, -0.2) is 22.5 Å². The third kappa shape index (κ3) is 2.06. The van der Waals surface area contributed by atoms with E-state index in [4.69, 9.17) is 10.00 Å². The second kappa shape index (κ2) is 4.39. The number of fused-ring (bicyclic) bond motifs is 1. The van der Waals surface area contributed by atoms with E-state index >= 15 is 0 Å². The van der Waals surface area contributed by atoms with Crippen LogP contribution >= 0.6 is 0 Å². The van der Waals surface area contributed by atoms with Crippen molar-refractivity contribution in [2.45, 2.75) is 19.3 Å². The average Bonchev–Trinajstić information content (AvgIpc) is 3.11. The molecule has 1 fully saturated rings. The molecule has 2 unspecified atom stereocenters. The zero-order chi connectivity index (χ0) is 13.4. The van der Waals surface area contributed by atoms with Gasteiger partial charge in [0, 0.05) is 5.92 Å². The summed E-state index contributed by atoms with van der Waals surface area (Å²) in [6.07, 6.45) is 0.782. The van der Waals surface area contributed by atoms with E-state index in [0.29, 0.717) is 12.2 Å². The van der Waals surface area contributed by atoms with Gasteiger partial charge in [-0.15, -0.1) is 0 Å². The molecule has 1 N–H and O–H groups in total. The maximum absolute atomic E-state index is 11.6. The number of carbonyl (C=O) groups is 1. The summed E-state index contributed by atoms with van der Waals surface area (Å²) >= 11 is 0. The SMILES string of the molecule is CCOC(=O)C1CC1c1nc2ccc(C#N)cc2[nH]1. The number of aromatic nitrogens is 2. The van der Waals surface area contributed by atoms with Gasteiger partial charge in [-0.25, -0.2) is 4.98 Å². The Kier molecular flexibility index (Phi) is 2.71. The molecule has 0 spiro atoms. The molecule has 5 nitrogen and oxygen atoms in total. The molecule has 1 aromatic heterocycles. The summed E-state index contributed by atoms with van der Waals surface area (Å²) < 4.78 is 5.00. The van der Waals surface area contributed by atoms with Crippen molar-refractivity contribution in [3.8, 4) is 6.07 Å². The van der Waals surface area contributed by atoms with Crippen LogP contribution in [0.3, 0.4) is 0 Å². The Balaban J connectivity index is 1.84. The molecule has 0 aliphatic heterocycles. The molecule has 3 rings (SSSR count). The highest BCUT2D eigenvalue weighted by Gasteiger charge is 2.47. The molecule has 2 aromatic rings. The summed E-state index contributed by atoms with van der Waals surface area (Å²) in [4.78, 5) is 19.3. The van der Waals surface area contributed by atoms with Crippen molar-refractivity contribution in [2.24, 2.45) is 5.92 Å². The number of hydrogen-bond donors (Lipinski definition) is 1. The molecule has 1 saturated carbocycles. The van der Waals surface area contributed by atoms with Gasteiger partial charge < -0.3 is 9.72 Å². The van der Waals surface area contributed by atoms with E-state index in [9.17, 15) is 4.79 Å². The van der Waals surface area contributed by atoms with Crippen LogP contribution in [0.15, 0.2) is 18.2 Å². The predicted molar refractivity (Wildman–Crippen MR) is 68.3 cm³/mol. The molecule has 0 amide bonds. The van der Waals surface area contributed by atoms with Gasteiger partial charge in [-0.3, -0.25) is 4.79 Å². The number of nitriles is 1. The van der Waals surface area contributed by atoms with E-state index in [1.807, 2.05) is 6.07 Å². The lowest BCUT2D eigenvalue weighted by molar-refractivity contribution is -0.144. The van der Waals surface area contributed by atoms with E-state index in [1.54, 1.807) is 19.1 Å². The number of aromatic amines is 1. The second-order valence-electron chi connectivity index (χ2n) is 4.67. The van der Waals surface area contributed by atoms with Crippen molar-refractivity contribution in [1.82, 2.24) is 9.97 Å². The number of ether oxygens (including phenoxy) is 1. The van der Waals surface area contributed by atoms with Crippen molar-refractivity contribution >= 4 is 17.0 Å². The van der Waals surface area contributed by atoms with E-state index in [2.05, 4.69) is 16.0 Å². The minimum Gasteiger partial charge on any atom is -0.466 e. The van der Waals surface area contributed by atoms with Gasteiger partial charge in [0.05, 0.1) is 35.2 Å². The molecule has 1 aliphatic rings. The maximum atomic E-state index is 11.6. The van der Waals surface area contributed by atoms with Gasteiger partial charge in [0.25, 0.3) is 0 Å². The van der Waals surface area contributed by atoms with Gasteiger partial charge in [0.1, 0.15) is 5.82 Å². The predicted octanol–water partition coefficient (Wildman–Crippen LogP) is 2.10. The van der Waals surface area contributed by atoms with E-state index < -0.39 is 0 Å². The lowest BCUT2D eigenvalue weighted by Gasteiger charge is -1.98. The third-order valence-corrected chi connectivity index (χ3v) is 3.36. The first kappa shape index (κ1) is 11.7. The number of carbonyl (C=O) groups excluding carboxylic acids is 1. The molecule has 1 aromatic carbocycles. The van der Waals surface area contributed by atoms with Crippen molar-refractivity contribution < 1.29 is 9.53 Å². The number of hydrogen-bond acceptors (Lipinski definition) is 4. The lowest BCUT2D eigenvalue weighted by Crippen LogP contribution is -2.07. The first-order valence-corrected chi connectivity index (χ1v) is 6.29. The summed E-state index contributed by atoms with van der Waals surface area (Å²) in [5.74, 6) is 0.710. The summed E-state index contributed by atoms with van der Waals surface area (Å²) in [5, 5.41) is 8.85. The minimum atomic E-state index is -0.148. The summed E-state index contributed by atoms with van der Waals surface area (Å²) in [7, 11) is 0. The van der Waals surface area contributed by atoms with E-state index in [0.717, 1.165) is 23.3 Å². The van der Waals surface area contributed by atoms with Crippen LogP contribution in [0, 0.1) is 17.2 Å². The van der Waals surface area contributed by atoms with Crippen molar-refractivity contribution in [2.75, 3.05) is 6.61 Å². The quantitative estimate of drug-likeness (QED) is 0.852. The zero-order valence-corrected chi connectivity index (χ0v) is 10.5. The largest absolute Gasteiger partial charge is 0.466 e. The molecule has 96 valence electrons. The van der Waals surface area contributed by atoms with Crippen molar-refractivity contribution in [3.63, 3.8) is 0 Å². The Morgan fingerprint density at radius 2 is 2.47 bits per heavy atom. The van der Waals surface area contributed by atoms with Crippen LogP contribution < -0.4 is 0 Å². The van der Waals surface area contributed by atoms with Gasteiger partial charge in [-0.1, -0.05) is 0 Å². The molecular formula is C14H13N3O2. The minimum absolute atomic E-state index is 0.0732.